The number of imide groups is 2. The van der Waals surface area contributed by atoms with Crippen molar-refractivity contribution < 1.29 is 38.2 Å². The molecular weight excluding hydrogens is 785 g/mol. The number of hydrogen-bond donors (Lipinski definition) is 3. The summed E-state index contributed by atoms with van der Waals surface area (Å²) in [5.74, 6) is -1.85. The third kappa shape index (κ3) is 7.48. The Balaban J connectivity index is 0.777. The van der Waals surface area contributed by atoms with Crippen LogP contribution in [-0.4, -0.2) is 103 Å². The fourth-order valence-corrected chi connectivity index (χ4v) is 9.83. The Bertz CT molecular complexity index is 2500. The van der Waals surface area contributed by atoms with Gasteiger partial charge in [-0.3, -0.25) is 39.0 Å². The third-order valence-corrected chi connectivity index (χ3v) is 13.0. The summed E-state index contributed by atoms with van der Waals surface area (Å²) in [7, 11) is 0. The maximum Gasteiger partial charge on any atom is 0.263 e. The van der Waals surface area contributed by atoms with Gasteiger partial charge in [-0.2, -0.15) is 5.26 Å². The molecule has 3 N–H and O–H groups in total. The molecule has 0 spiro atoms. The maximum atomic E-state index is 14.0. The molecule has 4 aromatic rings. The van der Waals surface area contributed by atoms with E-state index in [9.17, 15) is 34.0 Å². The van der Waals surface area contributed by atoms with Gasteiger partial charge in [0.05, 0.1) is 48.1 Å². The van der Waals surface area contributed by atoms with E-state index in [1.165, 1.54) is 11.8 Å². The Morgan fingerprint density at radius 3 is 2.48 bits per heavy atom. The summed E-state index contributed by atoms with van der Waals surface area (Å²) in [4.78, 5) is 84.6. The highest BCUT2D eigenvalue weighted by molar-refractivity contribution is 7.99. The number of fused-ring (bicyclic) bond motifs is 5. The highest BCUT2D eigenvalue weighted by atomic mass is 32.2. The number of carbonyl (C=O) groups excluding carboxylic acids is 6. The Labute approximate surface area is 351 Å². The third-order valence-electron chi connectivity index (χ3n) is 12.0. The second kappa shape index (κ2) is 16.7. The number of aromatic nitrogens is 1. The first-order valence-corrected chi connectivity index (χ1v) is 21.3. The molecule has 2 fully saturated rings. The Kier molecular flexibility index (Phi) is 11.4. The van der Waals surface area contributed by atoms with Crippen LogP contribution in [0.25, 0.3) is 10.9 Å². The Morgan fingerprint density at radius 2 is 1.73 bits per heavy atom. The van der Waals surface area contributed by atoms with Crippen molar-refractivity contribution in [2.45, 2.75) is 75.3 Å². The fraction of sp³-hybridized carbons (Fsp3) is 0.400. The summed E-state index contributed by atoms with van der Waals surface area (Å²) < 4.78 is 11.3. The van der Waals surface area contributed by atoms with Crippen molar-refractivity contribution in [3.63, 3.8) is 0 Å². The molecule has 1 atom stereocenters. The van der Waals surface area contributed by atoms with Gasteiger partial charge in [0.15, 0.2) is 5.78 Å². The standard InChI is InChI=1S/C45H46N6O8S/c1-4-26-21-30-31(45(2,3)41-39(40(30)54)28-9-8-25(23-46)20-32(28)48-41)22-34(26)50-14-12-27(13-15-50)47-37(53)24-59-17-16-58-18-19-60-35-7-5-6-29-38(35)44(57)51(43(29)56)33-10-11-36(52)49-42(33)55/h5-9,20-22,27,33,48H,4,10-19,24H2,1-3H3,(H,47,53)(H,49,52,55). The molecule has 5 amide bonds. The zero-order chi connectivity index (χ0) is 42.3. The lowest BCUT2D eigenvalue weighted by atomic mass is 9.70. The SMILES string of the molecule is CCc1cc2c(cc1N1CCC(NC(=O)COCCOCCSc3cccc4c3C(=O)N(C3CCC(=O)NC3=O)C4=O)CC1)C(C)(C)c1[nH]c3cc(C#N)ccc3c1C2=O. The van der Waals surface area contributed by atoms with Crippen molar-refractivity contribution in [1.82, 2.24) is 20.5 Å². The Hall–Kier alpha value is -5.82. The topological polar surface area (TPSA) is 191 Å². The molecule has 310 valence electrons. The lowest BCUT2D eigenvalue weighted by molar-refractivity contribution is -0.136. The van der Waals surface area contributed by atoms with Crippen molar-refractivity contribution in [3.8, 4) is 6.07 Å². The van der Waals surface area contributed by atoms with Crippen LogP contribution in [0.5, 0.6) is 0 Å². The smallest absolute Gasteiger partial charge is 0.263 e. The van der Waals surface area contributed by atoms with Crippen molar-refractivity contribution in [2.24, 2.45) is 0 Å². The minimum Gasteiger partial charge on any atom is -0.378 e. The predicted molar refractivity (Wildman–Crippen MR) is 223 cm³/mol. The lowest BCUT2D eigenvalue weighted by Gasteiger charge is -2.38. The second-order valence-electron chi connectivity index (χ2n) is 16.0. The van der Waals surface area contributed by atoms with Crippen LogP contribution in [0.2, 0.25) is 0 Å². The molecular formula is C45H46N6O8S. The van der Waals surface area contributed by atoms with Crippen LogP contribution in [0, 0.1) is 11.3 Å². The number of nitrogens with zero attached hydrogens (tertiary/aromatic N) is 3. The molecule has 1 aliphatic carbocycles. The monoisotopic (exact) mass is 830 g/mol. The number of benzene rings is 3. The molecule has 8 rings (SSSR count). The number of anilines is 1. The van der Waals surface area contributed by atoms with Crippen LogP contribution in [0.15, 0.2) is 53.4 Å². The van der Waals surface area contributed by atoms with Gasteiger partial charge in [-0.15, -0.1) is 11.8 Å². The molecule has 3 aliphatic heterocycles. The van der Waals surface area contributed by atoms with Gasteiger partial charge in [0.25, 0.3) is 11.8 Å². The molecule has 3 aromatic carbocycles. The molecule has 2 saturated heterocycles. The van der Waals surface area contributed by atoms with Gasteiger partial charge in [0.2, 0.25) is 17.7 Å². The van der Waals surface area contributed by atoms with Gasteiger partial charge in [-0.1, -0.05) is 32.9 Å². The van der Waals surface area contributed by atoms with Gasteiger partial charge in [0, 0.05) is 69.5 Å². The molecule has 0 bridgehead atoms. The van der Waals surface area contributed by atoms with Gasteiger partial charge in [0.1, 0.15) is 12.6 Å². The highest BCUT2D eigenvalue weighted by Crippen LogP contribution is 2.46. The number of aromatic amines is 1. The Morgan fingerprint density at radius 1 is 0.950 bits per heavy atom. The molecule has 4 aliphatic rings. The maximum absolute atomic E-state index is 14.0. The van der Waals surface area contributed by atoms with Crippen molar-refractivity contribution in [1.29, 1.82) is 5.26 Å². The number of nitrogens with one attached hydrogen (secondary N) is 3. The zero-order valence-electron chi connectivity index (χ0n) is 33.8. The van der Waals surface area contributed by atoms with Crippen LogP contribution in [0.4, 0.5) is 5.69 Å². The number of hydrogen-bond acceptors (Lipinski definition) is 11. The van der Waals surface area contributed by atoms with E-state index in [4.69, 9.17) is 9.47 Å². The molecule has 60 heavy (non-hydrogen) atoms. The number of aryl methyl sites for hydroxylation is 1. The van der Waals surface area contributed by atoms with Crippen molar-refractivity contribution in [2.75, 3.05) is 50.2 Å². The minimum atomic E-state index is -1.02. The summed E-state index contributed by atoms with van der Waals surface area (Å²) in [6.45, 7) is 8.62. The van der Waals surface area contributed by atoms with Gasteiger partial charge < -0.3 is 24.7 Å². The van der Waals surface area contributed by atoms with E-state index in [1.54, 1.807) is 30.3 Å². The largest absolute Gasteiger partial charge is 0.378 e. The van der Waals surface area contributed by atoms with E-state index in [0.29, 0.717) is 28.4 Å². The van der Waals surface area contributed by atoms with Crippen molar-refractivity contribution in [3.05, 3.63) is 93.2 Å². The zero-order valence-corrected chi connectivity index (χ0v) is 34.6. The summed E-state index contributed by atoms with van der Waals surface area (Å²) in [6, 6.07) is 15.9. The first-order valence-electron chi connectivity index (χ1n) is 20.4. The highest BCUT2D eigenvalue weighted by Gasteiger charge is 2.46. The number of carbonyl (C=O) groups is 6. The minimum absolute atomic E-state index is 0.00207. The number of ketones is 1. The number of H-pyrrole nitrogens is 1. The number of ether oxygens (including phenoxy) is 2. The summed E-state index contributed by atoms with van der Waals surface area (Å²) >= 11 is 1.36. The normalized spacial score (nSPS) is 18.6. The van der Waals surface area contributed by atoms with Crippen LogP contribution in [0.3, 0.4) is 0 Å². The van der Waals surface area contributed by atoms with E-state index in [2.05, 4.69) is 59.5 Å². The van der Waals surface area contributed by atoms with Gasteiger partial charge >= 0.3 is 0 Å². The molecule has 1 unspecified atom stereocenters. The number of nitriles is 1. The van der Waals surface area contributed by atoms with Gasteiger partial charge in [-0.25, -0.2) is 0 Å². The average molecular weight is 831 g/mol. The molecule has 1 aromatic heterocycles. The van der Waals surface area contributed by atoms with E-state index < -0.39 is 35.1 Å². The molecule has 4 heterocycles. The summed E-state index contributed by atoms with van der Waals surface area (Å²) in [5.41, 5.74) is 6.81. The number of piperidine rings is 2. The van der Waals surface area contributed by atoms with Crippen LogP contribution >= 0.6 is 11.8 Å². The molecule has 0 radical (unpaired) electrons. The number of amides is 5. The predicted octanol–water partition coefficient (Wildman–Crippen LogP) is 4.78. The van der Waals surface area contributed by atoms with Crippen LogP contribution in [-0.2, 0) is 35.7 Å². The van der Waals surface area contributed by atoms with E-state index in [-0.39, 0.29) is 61.5 Å². The van der Waals surface area contributed by atoms with Gasteiger partial charge in [-0.05, 0) is 73.2 Å². The lowest BCUT2D eigenvalue weighted by Crippen LogP contribution is -2.54. The first-order chi connectivity index (χ1) is 28.9. The quantitative estimate of drug-likeness (QED) is 0.0955. The van der Waals surface area contributed by atoms with Crippen LogP contribution < -0.4 is 15.5 Å². The number of rotatable bonds is 13. The molecule has 14 nitrogen and oxygen atoms in total. The van der Waals surface area contributed by atoms with Crippen molar-refractivity contribution >= 4 is 63.7 Å². The second-order valence-corrected chi connectivity index (χ2v) is 17.2. The van der Waals surface area contributed by atoms with E-state index in [1.807, 2.05) is 6.07 Å². The first kappa shape index (κ1) is 40.9. The average Bonchev–Trinajstić information content (AvgIpc) is 3.76. The van der Waals surface area contributed by atoms with Crippen LogP contribution in [0.1, 0.15) is 105 Å². The van der Waals surface area contributed by atoms with E-state index in [0.717, 1.165) is 76.2 Å². The molecule has 15 heteroatoms. The fourth-order valence-electron chi connectivity index (χ4n) is 8.89. The number of thioether (sulfide) groups is 1. The summed E-state index contributed by atoms with van der Waals surface area (Å²) in [6.07, 6.45) is 2.45. The molecule has 0 saturated carbocycles. The van der Waals surface area contributed by atoms with E-state index >= 15 is 0 Å². The summed E-state index contributed by atoms with van der Waals surface area (Å²) in [5, 5.41) is 15.6.